The monoisotopic (exact) mass is 343 g/mol. The molecule has 1 rings (SSSR count). The van der Waals surface area contributed by atoms with Crippen molar-refractivity contribution in [2.75, 3.05) is 18.5 Å². The predicted molar refractivity (Wildman–Crippen MR) is 64.4 cm³/mol. The largest absolute Gasteiger partial charge is 0.463 e. The van der Waals surface area contributed by atoms with E-state index in [1.807, 2.05) is 0 Å². The summed E-state index contributed by atoms with van der Waals surface area (Å²) in [4.78, 5) is 23.4. The lowest BCUT2D eigenvalue weighted by Crippen LogP contribution is -2.34. The second kappa shape index (κ2) is 6.40. The normalized spacial score (nSPS) is 20.9. The number of nitrogens with zero attached hydrogens (tertiary/aromatic N) is 1. The van der Waals surface area contributed by atoms with Crippen molar-refractivity contribution in [1.82, 2.24) is 4.90 Å². The van der Waals surface area contributed by atoms with Crippen molar-refractivity contribution in [3.63, 3.8) is 0 Å². The molecule has 8 heteroatoms. The van der Waals surface area contributed by atoms with Crippen molar-refractivity contribution >= 4 is 27.8 Å². The summed E-state index contributed by atoms with van der Waals surface area (Å²) in [7, 11) is 0. The number of likely N-dealkylation sites (tertiary alicyclic amines) is 1. The van der Waals surface area contributed by atoms with E-state index in [1.165, 1.54) is 6.92 Å². The lowest BCUT2D eigenvalue weighted by atomic mass is 10.2. The van der Waals surface area contributed by atoms with Crippen LogP contribution in [-0.4, -0.2) is 41.4 Å². The smallest absolute Gasteiger partial charge is 0.431 e. The molecule has 0 aromatic rings. The minimum Gasteiger partial charge on any atom is -0.463 e. The van der Waals surface area contributed by atoms with E-state index in [0.29, 0.717) is 16.3 Å². The van der Waals surface area contributed by atoms with Crippen LogP contribution in [0.5, 0.6) is 0 Å². The number of alkyl halides is 4. The molecule has 0 saturated carbocycles. The summed E-state index contributed by atoms with van der Waals surface area (Å²) >= 11 is 3.14. The zero-order valence-corrected chi connectivity index (χ0v) is 11.8. The molecule has 0 N–H and O–H groups in total. The van der Waals surface area contributed by atoms with Gasteiger partial charge in [-0.2, -0.15) is 13.2 Å². The van der Waals surface area contributed by atoms with Gasteiger partial charge in [-0.15, -0.1) is 0 Å². The Balaban J connectivity index is 2.99. The van der Waals surface area contributed by atoms with Crippen LogP contribution >= 0.6 is 15.9 Å². The first-order chi connectivity index (χ1) is 8.79. The highest BCUT2D eigenvalue weighted by atomic mass is 79.9. The molecule has 0 aliphatic carbocycles. The number of allylic oxidation sites excluding steroid dienone is 1. The Morgan fingerprint density at radius 1 is 1.58 bits per heavy atom. The van der Waals surface area contributed by atoms with Gasteiger partial charge in [-0.05, 0) is 12.8 Å². The quantitative estimate of drug-likeness (QED) is 0.446. The van der Waals surface area contributed by atoms with Crippen LogP contribution in [0.2, 0.25) is 0 Å². The Morgan fingerprint density at radius 2 is 2.21 bits per heavy atom. The van der Waals surface area contributed by atoms with Gasteiger partial charge in [0.15, 0.2) is 0 Å². The third-order valence-corrected chi connectivity index (χ3v) is 3.46. The number of rotatable bonds is 4. The fourth-order valence-corrected chi connectivity index (χ4v) is 2.16. The molecule has 0 spiro atoms. The molecule has 1 fully saturated rings. The van der Waals surface area contributed by atoms with Crippen molar-refractivity contribution in [3.8, 4) is 0 Å². The highest BCUT2D eigenvalue weighted by molar-refractivity contribution is 9.09. The molecule has 4 nitrogen and oxygen atoms in total. The van der Waals surface area contributed by atoms with E-state index >= 15 is 0 Å². The number of hydrogen-bond donors (Lipinski definition) is 0. The van der Waals surface area contributed by atoms with Gasteiger partial charge in [0, 0.05) is 18.3 Å². The highest BCUT2D eigenvalue weighted by Crippen LogP contribution is 2.33. The van der Waals surface area contributed by atoms with E-state index in [2.05, 4.69) is 20.7 Å². The molecule has 0 bridgehead atoms. The maximum Gasteiger partial charge on any atom is 0.431 e. The lowest BCUT2D eigenvalue weighted by molar-refractivity contribution is -0.142. The maximum atomic E-state index is 12.9. The van der Waals surface area contributed by atoms with Crippen molar-refractivity contribution in [1.29, 1.82) is 0 Å². The van der Waals surface area contributed by atoms with Gasteiger partial charge in [0.25, 0.3) is 0 Å². The van der Waals surface area contributed by atoms with E-state index in [0.717, 1.165) is 0 Å². The van der Waals surface area contributed by atoms with E-state index < -0.39 is 23.7 Å². The molecule has 1 unspecified atom stereocenters. The first-order valence-electron chi connectivity index (χ1n) is 5.61. The van der Waals surface area contributed by atoms with Crippen molar-refractivity contribution in [2.24, 2.45) is 5.92 Å². The van der Waals surface area contributed by atoms with Crippen LogP contribution in [0.15, 0.2) is 11.8 Å². The average molecular weight is 344 g/mol. The summed E-state index contributed by atoms with van der Waals surface area (Å²) in [6, 6.07) is 0. The zero-order chi connectivity index (χ0) is 14.6. The molecule has 1 aliphatic heterocycles. The standard InChI is InChI=1S/C11H13BrF3NO3/c1-2-19-10(18)4-8(11(13,14)15)16-6-7(5-12)3-9(16)17/h4,7H,2-3,5-6H2,1H3. The third kappa shape index (κ3) is 4.22. The van der Waals surface area contributed by atoms with E-state index in [4.69, 9.17) is 0 Å². The second-order valence-electron chi connectivity index (χ2n) is 4.01. The highest BCUT2D eigenvalue weighted by Gasteiger charge is 2.44. The summed E-state index contributed by atoms with van der Waals surface area (Å²) < 4.78 is 43.1. The maximum absolute atomic E-state index is 12.9. The number of halogens is 4. The molecule has 1 amide bonds. The number of carbonyl (C=O) groups excluding carboxylic acids is 2. The molecule has 1 atom stereocenters. The first kappa shape index (κ1) is 16.0. The van der Waals surface area contributed by atoms with E-state index in [9.17, 15) is 22.8 Å². The zero-order valence-electron chi connectivity index (χ0n) is 10.2. The van der Waals surface area contributed by atoms with Crippen LogP contribution in [0.1, 0.15) is 13.3 Å². The summed E-state index contributed by atoms with van der Waals surface area (Å²) in [6.07, 6.45) is -4.41. The molecule has 1 aliphatic rings. The topological polar surface area (TPSA) is 46.6 Å². The van der Waals surface area contributed by atoms with E-state index in [-0.39, 0.29) is 25.5 Å². The number of esters is 1. The van der Waals surface area contributed by atoms with Gasteiger partial charge in [0.1, 0.15) is 5.70 Å². The molecule has 19 heavy (non-hydrogen) atoms. The molecular weight excluding hydrogens is 331 g/mol. The molecule has 0 aromatic carbocycles. The van der Waals surface area contributed by atoms with Crippen LogP contribution in [0.3, 0.4) is 0 Å². The van der Waals surface area contributed by atoms with Crippen LogP contribution in [-0.2, 0) is 14.3 Å². The SMILES string of the molecule is CCOC(=O)C=C(N1CC(CBr)CC1=O)C(F)(F)F. The molecule has 0 aromatic heterocycles. The van der Waals surface area contributed by atoms with Gasteiger partial charge in [0.05, 0.1) is 12.7 Å². The summed E-state index contributed by atoms with van der Waals surface area (Å²) in [5.41, 5.74) is -1.26. The molecule has 1 heterocycles. The van der Waals surface area contributed by atoms with Crippen LogP contribution in [0.25, 0.3) is 0 Å². The molecule has 1 saturated heterocycles. The van der Waals surface area contributed by atoms with Gasteiger partial charge in [-0.25, -0.2) is 4.79 Å². The summed E-state index contributed by atoms with van der Waals surface area (Å²) in [5, 5.41) is 0.430. The summed E-state index contributed by atoms with van der Waals surface area (Å²) in [5.74, 6) is -1.94. The van der Waals surface area contributed by atoms with Gasteiger partial charge in [-0.1, -0.05) is 15.9 Å². The molecule has 0 radical (unpaired) electrons. The lowest BCUT2D eigenvalue weighted by Gasteiger charge is -2.22. The van der Waals surface area contributed by atoms with Gasteiger partial charge >= 0.3 is 12.1 Å². The van der Waals surface area contributed by atoms with Crippen LogP contribution < -0.4 is 0 Å². The Hall–Kier alpha value is -1.05. The number of amides is 1. The Bertz CT molecular complexity index is 395. The predicted octanol–water partition coefficient (Wildman–Crippen LogP) is 2.24. The fraction of sp³-hybridized carbons (Fsp3) is 0.636. The Labute approximate surface area is 116 Å². The number of carbonyl (C=O) groups is 2. The van der Waals surface area contributed by atoms with Gasteiger partial charge in [0.2, 0.25) is 5.91 Å². The van der Waals surface area contributed by atoms with Gasteiger partial charge in [-0.3, -0.25) is 4.79 Å². The number of hydrogen-bond acceptors (Lipinski definition) is 3. The molecular formula is C11H13BrF3NO3. The van der Waals surface area contributed by atoms with Gasteiger partial charge < -0.3 is 9.64 Å². The third-order valence-electron chi connectivity index (χ3n) is 2.55. The molecule has 108 valence electrons. The first-order valence-corrected chi connectivity index (χ1v) is 6.73. The Morgan fingerprint density at radius 3 is 2.63 bits per heavy atom. The van der Waals surface area contributed by atoms with E-state index in [1.54, 1.807) is 0 Å². The average Bonchev–Trinajstić information content (AvgIpc) is 2.66. The van der Waals surface area contributed by atoms with Crippen molar-refractivity contribution in [3.05, 3.63) is 11.8 Å². The number of ether oxygens (including phenoxy) is 1. The summed E-state index contributed by atoms with van der Waals surface area (Å²) in [6.45, 7) is 1.40. The van der Waals surface area contributed by atoms with Crippen LogP contribution in [0.4, 0.5) is 13.2 Å². The van der Waals surface area contributed by atoms with Crippen molar-refractivity contribution < 1.29 is 27.5 Å². The minimum absolute atomic E-state index is 0.0293. The Kier molecular flexibility index (Phi) is 5.39. The fourth-order valence-electron chi connectivity index (χ4n) is 1.73. The van der Waals surface area contributed by atoms with Crippen molar-refractivity contribution in [2.45, 2.75) is 19.5 Å². The minimum atomic E-state index is -4.77. The second-order valence-corrected chi connectivity index (χ2v) is 4.66. The van der Waals surface area contributed by atoms with Crippen LogP contribution in [0, 0.1) is 5.92 Å².